The maximum Gasteiger partial charge on any atom is 0.311 e. The van der Waals surface area contributed by atoms with Gasteiger partial charge < -0.3 is 10.6 Å². The number of nitrogens with one attached hydrogen (secondary N) is 3. The molecule has 1 aliphatic rings. The van der Waals surface area contributed by atoms with Gasteiger partial charge in [-0.3, -0.25) is 11.2 Å². The molecule has 1 heterocycles. The molecule has 5 N–H and O–H groups in total. The minimum atomic E-state index is -9.98. The van der Waals surface area contributed by atoms with Crippen molar-refractivity contribution in [3.05, 3.63) is 23.8 Å². The van der Waals surface area contributed by atoms with Crippen molar-refractivity contribution in [1.82, 2.24) is 10.7 Å². The number of hydrogen-bond donors (Lipinski definition) is 4. The van der Waals surface area contributed by atoms with Crippen LogP contribution in [0.3, 0.4) is 0 Å². The van der Waals surface area contributed by atoms with Crippen molar-refractivity contribution in [1.29, 1.82) is 5.26 Å². The third-order valence-corrected chi connectivity index (χ3v) is 3.56. The minimum absolute atomic E-state index is 0.0414. The largest absolute Gasteiger partial charge is 0.325 e. The average molecular weight is 328 g/mol. The predicted octanol–water partition coefficient (Wildman–Crippen LogP) is 2.33. The van der Waals surface area contributed by atoms with E-state index >= 15 is 0 Å². The number of hydrazone groups is 1. The summed E-state index contributed by atoms with van der Waals surface area (Å²) >= 11 is 0. The highest BCUT2D eigenvalue weighted by Gasteiger charge is 2.66. The summed E-state index contributed by atoms with van der Waals surface area (Å²) in [7, 11) is -9.98. The summed E-state index contributed by atoms with van der Waals surface area (Å²) < 4.78 is 64.5. The monoisotopic (exact) mass is 328 g/mol. The van der Waals surface area contributed by atoms with Gasteiger partial charge in [-0.05, 0) is 18.2 Å². The molecule has 0 spiro atoms. The normalized spacial score (nSPS) is 21.2. The molecule has 0 fully saturated rings. The summed E-state index contributed by atoms with van der Waals surface area (Å²) in [4.78, 5) is -2.25. The van der Waals surface area contributed by atoms with Crippen molar-refractivity contribution >= 4 is 21.9 Å². The molecule has 0 saturated carbocycles. The Labute approximate surface area is 115 Å². The molecule has 0 aromatic heterocycles. The van der Waals surface area contributed by atoms with Gasteiger partial charge in [0.25, 0.3) is 0 Å². The number of rotatable bonds is 2. The topological polar surface area (TPSA) is 98.3 Å². The van der Waals surface area contributed by atoms with E-state index in [-0.39, 0.29) is 17.7 Å². The Morgan fingerprint density at radius 1 is 1.29 bits per heavy atom. The molecule has 0 amide bonds. The van der Waals surface area contributed by atoms with Gasteiger partial charge >= 0.3 is 10.2 Å². The fraction of sp³-hybridized carbons (Fsp3) is 0.111. The number of guanidine groups is 1. The molecule has 0 saturated heterocycles. The number of hydrogen-bond acceptors (Lipinski definition) is 6. The van der Waals surface area contributed by atoms with Gasteiger partial charge in [0.2, 0.25) is 5.96 Å². The van der Waals surface area contributed by atoms with E-state index < -0.39 is 27.0 Å². The zero-order chi connectivity index (χ0) is 16.0. The molecule has 1 unspecified atom stereocenters. The van der Waals surface area contributed by atoms with Gasteiger partial charge in [0.05, 0.1) is 5.56 Å². The summed E-state index contributed by atoms with van der Waals surface area (Å²) in [5.74, 6) is -0.0414. The van der Waals surface area contributed by atoms with Gasteiger partial charge in [-0.2, -0.15) is 5.26 Å². The smallest absolute Gasteiger partial charge is 0.311 e. The van der Waals surface area contributed by atoms with Gasteiger partial charge in [-0.15, -0.1) is 5.10 Å². The highest BCUT2D eigenvalue weighted by atomic mass is 32.5. The number of benzene rings is 1. The van der Waals surface area contributed by atoms with E-state index in [1.165, 1.54) is 0 Å². The van der Waals surface area contributed by atoms with Crippen LogP contribution in [0.2, 0.25) is 0 Å². The number of nitrogens with two attached hydrogens (primary N) is 1. The van der Waals surface area contributed by atoms with Gasteiger partial charge in [0.1, 0.15) is 11.0 Å². The molecule has 0 aliphatic carbocycles. The second-order valence-corrected chi connectivity index (χ2v) is 6.51. The molecule has 21 heavy (non-hydrogen) atoms. The van der Waals surface area contributed by atoms with Crippen LogP contribution in [-0.2, 0) is 0 Å². The van der Waals surface area contributed by atoms with Gasteiger partial charge in [-0.1, -0.05) is 19.4 Å². The molecule has 0 radical (unpaired) electrons. The van der Waals surface area contributed by atoms with Crippen LogP contribution >= 0.6 is 10.2 Å². The van der Waals surface area contributed by atoms with Crippen molar-refractivity contribution in [2.75, 3.05) is 5.32 Å². The van der Waals surface area contributed by atoms with E-state index in [9.17, 15) is 19.4 Å². The van der Waals surface area contributed by atoms with Crippen molar-refractivity contribution in [3.63, 3.8) is 0 Å². The Hall–Kier alpha value is -2.26. The predicted molar refractivity (Wildman–Crippen MR) is 67.9 cm³/mol. The number of nitrogens with zero attached hydrogens (tertiary/aromatic N) is 2. The summed E-state index contributed by atoms with van der Waals surface area (Å²) in [6.07, 6.45) is -0.749. The highest BCUT2D eigenvalue weighted by molar-refractivity contribution is 8.45. The molecule has 1 aromatic carbocycles. The Bertz CT molecular complexity index is 664. The van der Waals surface area contributed by atoms with E-state index in [2.05, 4.69) is 21.2 Å². The first-order valence-electron chi connectivity index (χ1n) is 5.30. The van der Waals surface area contributed by atoms with Crippen molar-refractivity contribution in [3.8, 4) is 6.07 Å². The van der Waals surface area contributed by atoms with Gasteiger partial charge in [-0.25, -0.2) is 0 Å². The lowest BCUT2D eigenvalue weighted by atomic mass is 10.2. The van der Waals surface area contributed by atoms with Crippen molar-refractivity contribution < 1.29 is 19.4 Å². The first-order chi connectivity index (χ1) is 9.39. The second-order valence-electron chi connectivity index (χ2n) is 4.13. The van der Waals surface area contributed by atoms with E-state index in [4.69, 9.17) is 11.0 Å². The number of halogens is 5. The van der Waals surface area contributed by atoms with Crippen LogP contribution in [0.4, 0.5) is 25.1 Å². The minimum Gasteiger partial charge on any atom is -0.325 e. The maximum absolute atomic E-state index is 12.9. The average Bonchev–Trinajstić information content (AvgIpc) is 2.72. The van der Waals surface area contributed by atoms with E-state index in [0.717, 1.165) is 12.1 Å². The van der Waals surface area contributed by atoms with Crippen LogP contribution in [0.1, 0.15) is 5.56 Å². The fourth-order valence-electron chi connectivity index (χ4n) is 1.56. The van der Waals surface area contributed by atoms with Crippen molar-refractivity contribution in [2.45, 2.75) is 11.2 Å². The summed E-state index contributed by atoms with van der Waals surface area (Å²) in [6.45, 7) is 0. The summed E-state index contributed by atoms with van der Waals surface area (Å²) in [6, 6.07) is 2.96. The molecule has 0 bridgehead atoms. The van der Waals surface area contributed by atoms with Crippen LogP contribution in [0, 0.1) is 11.3 Å². The van der Waals surface area contributed by atoms with E-state index in [1.54, 1.807) is 0 Å². The van der Waals surface area contributed by atoms with E-state index in [0.29, 0.717) is 6.07 Å². The lowest BCUT2D eigenvalue weighted by Gasteiger charge is -2.41. The fourth-order valence-corrected chi connectivity index (χ4v) is 2.44. The van der Waals surface area contributed by atoms with Crippen LogP contribution < -0.4 is 21.8 Å². The molecule has 6 nitrogen and oxygen atoms in total. The van der Waals surface area contributed by atoms with Crippen molar-refractivity contribution in [2.24, 2.45) is 10.8 Å². The highest BCUT2D eigenvalue weighted by Crippen LogP contribution is 3.02. The van der Waals surface area contributed by atoms with Crippen LogP contribution in [0.15, 0.2) is 28.2 Å². The number of nitriles is 1. The zero-order valence-electron chi connectivity index (χ0n) is 10.1. The Morgan fingerprint density at radius 3 is 2.43 bits per heavy atom. The van der Waals surface area contributed by atoms with E-state index in [1.807, 2.05) is 0 Å². The van der Waals surface area contributed by atoms with Gasteiger partial charge in [0, 0.05) is 5.69 Å². The molecular weight excluding hydrogens is 319 g/mol. The first kappa shape index (κ1) is 15.1. The van der Waals surface area contributed by atoms with Crippen LogP contribution in [0.5, 0.6) is 0 Å². The molecule has 1 atom stereocenters. The zero-order valence-corrected chi connectivity index (χ0v) is 10.9. The lowest BCUT2D eigenvalue weighted by molar-refractivity contribution is 0.363. The first-order valence-corrected chi connectivity index (χ1v) is 7.25. The second kappa shape index (κ2) is 3.89. The Morgan fingerprint density at radius 2 is 1.95 bits per heavy atom. The van der Waals surface area contributed by atoms with Crippen LogP contribution in [-0.4, -0.2) is 12.2 Å². The van der Waals surface area contributed by atoms with Crippen LogP contribution in [0.25, 0.3) is 0 Å². The number of anilines is 1. The SMILES string of the molecule is N#Cc1ccc(NC2=NNC(N)N2)cc1S(F)(F)(F)(F)F. The Kier molecular flexibility index (Phi) is 2.80. The Balaban J connectivity index is 2.43. The standard InChI is InChI=1S/C9H9F5N6S/c10-21(11,12,13,14)7-3-6(2-1-5(7)4-15)17-9-18-8(16)19-20-9/h1-3,8,19H,16H2,(H2,17,18,20). The maximum atomic E-state index is 12.9. The third kappa shape index (κ3) is 3.44. The van der Waals surface area contributed by atoms with Gasteiger partial charge in [0.15, 0.2) is 6.29 Å². The summed E-state index contributed by atoms with van der Waals surface area (Å²) in [5, 5.41) is 17.0. The third-order valence-electron chi connectivity index (χ3n) is 2.39. The molecular formula is C9H9F5N6S. The quantitative estimate of drug-likeness (QED) is 0.625. The molecule has 116 valence electrons. The summed E-state index contributed by atoms with van der Waals surface area (Å²) in [5.41, 5.74) is 6.22. The lowest BCUT2D eigenvalue weighted by Crippen LogP contribution is -2.44. The molecule has 1 aromatic rings. The molecule has 2 rings (SSSR count). The molecule has 1 aliphatic heterocycles. The molecule has 12 heteroatoms.